The van der Waals surface area contributed by atoms with Crippen molar-refractivity contribution in [3.05, 3.63) is 16.1 Å². The van der Waals surface area contributed by atoms with E-state index in [2.05, 4.69) is 46.3 Å². The number of aliphatic imine (C=N–C) groups is 1. The smallest absolute Gasteiger partial charge is 0.193 e. The van der Waals surface area contributed by atoms with Crippen LogP contribution in [0.2, 0.25) is 0 Å². The van der Waals surface area contributed by atoms with Gasteiger partial charge < -0.3 is 10.2 Å². The number of nitrogens with zero attached hydrogens (tertiary/aromatic N) is 4. The third kappa shape index (κ3) is 5.19. The third-order valence-electron chi connectivity index (χ3n) is 5.73. The number of piperidine rings is 1. The van der Waals surface area contributed by atoms with Crippen LogP contribution in [0.3, 0.4) is 0 Å². The average Bonchev–Trinajstić information content (AvgIpc) is 3.23. The van der Waals surface area contributed by atoms with Crippen molar-refractivity contribution in [1.29, 1.82) is 0 Å². The molecule has 6 heteroatoms. The van der Waals surface area contributed by atoms with Crippen LogP contribution in [0.15, 0.2) is 10.4 Å². The molecule has 0 radical (unpaired) electrons. The molecule has 2 aliphatic rings. The number of guanidine groups is 1. The molecule has 2 saturated heterocycles. The highest BCUT2D eigenvalue weighted by molar-refractivity contribution is 7.09. The first kappa shape index (κ1) is 19.6. The summed E-state index contributed by atoms with van der Waals surface area (Å²) in [4.78, 5) is 14.2. The molecule has 3 heterocycles. The molecular formula is C20H35N5S. The molecule has 1 aromatic heterocycles. The Hall–Kier alpha value is -1.14. The van der Waals surface area contributed by atoms with Gasteiger partial charge in [-0.05, 0) is 50.1 Å². The number of rotatable bonds is 5. The number of hydrogen-bond donors (Lipinski definition) is 1. The topological polar surface area (TPSA) is 43.8 Å². The average molecular weight is 378 g/mol. The van der Waals surface area contributed by atoms with Crippen molar-refractivity contribution >= 4 is 17.3 Å². The Kier molecular flexibility index (Phi) is 6.56. The van der Waals surface area contributed by atoms with Crippen LogP contribution in [0.1, 0.15) is 50.7 Å². The molecule has 0 unspecified atom stereocenters. The van der Waals surface area contributed by atoms with E-state index in [9.17, 15) is 0 Å². The first-order chi connectivity index (χ1) is 12.5. The zero-order valence-corrected chi connectivity index (χ0v) is 17.7. The zero-order chi connectivity index (χ0) is 18.6. The molecule has 146 valence electrons. The quantitative estimate of drug-likeness (QED) is 0.632. The van der Waals surface area contributed by atoms with E-state index in [0.29, 0.717) is 5.41 Å². The van der Waals surface area contributed by atoms with Crippen LogP contribution in [0.5, 0.6) is 0 Å². The Morgan fingerprint density at radius 3 is 2.69 bits per heavy atom. The van der Waals surface area contributed by atoms with Gasteiger partial charge in [0.25, 0.3) is 0 Å². The molecule has 0 aromatic carbocycles. The largest absolute Gasteiger partial charge is 0.356 e. The number of thiazole rings is 1. The van der Waals surface area contributed by atoms with Gasteiger partial charge in [0.15, 0.2) is 5.96 Å². The fraction of sp³-hybridized carbons (Fsp3) is 0.800. The van der Waals surface area contributed by atoms with Gasteiger partial charge in [-0.15, -0.1) is 11.3 Å². The van der Waals surface area contributed by atoms with Gasteiger partial charge in [0.05, 0.1) is 10.7 Å². The first-order valence-corrected chi connectivity index (χ1v) is 11.0. The van der Waals surface area contributed by atoms with Gasteiger partial charge >= 0.3 is 0 Å². The highest BCUT2D eigenvalue weighted by atomic mass is 32.1. The number of likely N-dealkylation sites (tertiary alicyclic amines) is 2. The van der Waals surface area contributed by atoms with Crippen LogP contribution in [0, 0.1) is 11.3 Å². The van der Waals surface area contributed by atoms with E-state index >= 15 is 0 Å². The minimum atomic E-state index is 0.413. The monoisotopic (exact) mass is 377 g/mol. The second-order valence-electron chi connectivity index (χ2n) is 8.57. The molecule has 3 rings (SSSR count). The van der Waals surface area contributed by atoms with E-state index in [0.717, 1.165) is 44.5 Å². The predicted molar refractivity (Wildman–Crippen MR) is 111 cm³/mol. The number of aromatic nitrogens is 1. The zero-order valence-electron chi connectivity index (χ0n) is 16.9. The first-order valence-electron chi connectivity index (χ1n) is 10.1. The molecule has 0 spiro atoms. The van der Waals surface area contributed by atoms with E-state index < -0.39 is 0 Å². The summed E-state index contributed by atoms with van der Waals surface area (Å²) in [7, 11) is 1.91. The summed E-state index contributed by atoms with van der Waals surface area (Å²) in [5.41, 5.74) is 1.66. The summed E-state index contributed by atoms with van der Waals surface area (Å²) in [5.74, 6) is 1.84. The van der Waals surface area contributed by atoms with Crippen molar-refractivity contribution in [2.24, 2.45) is 16.3 Å². The molecule has 0 saturated carbocycles. The molecule has 0 amide bonds. The molecule has 2 aliphatic heterocycles. The number of nitrogens with one attached hydrogen (secondary N) is 1. The maximum absolute atomic E-state index is 4.71. The minimum absolute atomic E-state index is 0.413. The fourth-order valence-electron chi connectivity index (χ4n) is 4.02. The van der Waals surface area contributed by atoms with E-state index in [1.54, 1.807) is 11.3 Å². The Morgan fingerprint density at radius 1 is 1.35 bits per heavy atom. The van der Waals surface area contributed by atoms with E-state index in [1.807, 2.05) is 7.05 Å². The maximum atomic E-state index is 4.71. The summed E-state index contributed by atoms with van der Waals surface area (Å²) in [5, 5.41) is 7.13. The third-order valence-corrected chi connectivity index (χ3v) is 6.77. The van der Waals surface area contributed by atoms with Crippen LogP contribution in [0.4, 0.5) is 0 Å². The lowest BCUT2D eigenvalue weighted by atomic mass is 9.93. The predicted octanol–water partition coefficient (Wildman–Crippen LogP) is 3.22. The second kappa shape index (κ2) is 8.70. The van der Waals surface area contributed by atoms with Crippen LogP contribution in [-0.2, 0) is 13.0 Å². The van der Waals surface area contributed by atoms with Crippen molar-refractivity contribution in [2.75, 3.05) is 39.8 Å². The molecule has 26 heavy (non-hydrogen) atoms. The van der Waals surface area contributed by atoms with Gasteiger partial charge in [0.2, 0.25) is 0 Å². The molecule has 0 bridgehead atoms. The van der Waals surface area contributed by atoms with Crippen molar-refractivity contribution in [3.8, 4) is 0 Å². The lowest BCUT2D eigenvalue weighted by Crippen LogP contribution is -2.44. The molecule has 0 atom stereocenters. The van der Waals surface area contributed by atoms with Crippen LogP contribution in [0.25, 0.3) is 0 Å². The molecule has 1 aromatic rings. The number of hydrogen-bond acceptors (Lipinski definition) is 4. The van der Waals surface area contributed by atoms with Gasteiger partial charge in [-0.1, -0.05) is 20.8 Å². The lowest BCUT2D eigenvalue weighted by molar-refractivity contribution is 0.176. The fourth-order valence-corrected chi connectivity index (χ4v) is 4.76. The Morgan fingerprint density at radius 2 is 2.12 bits per heavy atom. The molecule has 2 fully saturated rings. The highest BCUT2D eigenvalue weighted by Gasteiger charge is 2.31. The van der Waals surface area contributed by atoms with Gasteiger partial charge in [0, 0.05) is 38.6 Å². The summed E-state index contributed by atoms with van der Waals surface area (Å²) < 4.78 is 0. The summed E-state index contributed by atoms with van der Waals surface area (Å²) in [6.45, 7) is 13.5. The van der Waals surface area contributed by atoms with Crippen LogP contribution in [-0.4, -0.2) is 60.5 Å². The number of aryl methyl sites for hydroxylation is 1. The van der Waals surface area contributed by atoms with Crippen molar-refractivity contribution in [3.63, 3.8) is 0 Å². The van der Waals surface area contributed by atoms with Gasteiger partial charge in [-0.25, -0.2) is 4.98 Å². The lowest BCUT2D eigenvalue weighted by Gasteiger charge is -2.32. The Balaban J connectivity index is 1.39. The van der Waals surface area contributed by atoms with Crippen LogP contribution >= 0.6 is 11.3 Å². The molecule has 0 aliphatic carbocycles. The van der Waals surface area contributed by atoms with E-state index in [1.165, 1.54) is 43.1 Å². The summed E-state index contributed by atoms with van der Waals surface area (Å²) in [6.07, 6.45) is 4.83. The second-order valence-corrected chi connectivity index (χ2v) is 9.51. The van der Waals surface area contributed by atoms with Crippen molar-refractivity contribution < 1.29 is 0 Å². The van der Waals surface area contributed by atoms with Crippen molar-refractivity contribution in [1.82, 2.24) is 20.1 Å². The Labute approximate surface area is 162 Å². The molecule has 5 nitrogen and oxygen atoms in total. The normalized spacial score (nSPS) is 22.2. The van der Waals surface area contributed by atoms with E-state index in [-0.39, 0.29) is 0 Å². The van der Waals surface area contributed by atoms with E-state index in [4.69, 9.17) is 4.98 Å². The SMILES string of the molecule is CCc1nc(CN2CCC(CNC(=NC)N3CCC(C)(C)C3)CC2)cs1. The van der Waals surface area contributed by atoms with Gasteiger partial charge in [0.1, 0.15) is 0 Å². The highest BCUT2D eigenvalue weighted by Crippen LogP contribution is 2.28. The van der Waals surface area contributed by atoms with Crippen LogP contribution < -0.4 is 5.32 Å². The standard InChI is InChI=1S/C20H35N5S/c1-5-18-23-17(14-26-18)13-24-9-6-16(7-10-24)12-22-19(21-4)25-11-8-20(2,3)15-25/h14,16H,5-13,15H2,1-4H3,(H,21,22). The summed E-state index contributed by atoms with van der Waals surface area (Å²) >= 11 is 1.80. The van der Waals surface area contributed by atoms with Gasteiger partial charge in [-0.3, -0.25) is 9.89 Å². The van der Waals surface area contributed by atoms with Crippen molar-refractivity contribution in [2.45, 2.75) is 53.0 Å². The summed E-state index contributed by atoms with van der Waals surface area (Å²) in [6, 6.07) is 0. The Bertz CT molecular complexity index is 601. The minimum Gasteiger partial charge on any atom is -0.356 e. The molecule has 1 N–H and O–H groups in total. The van der Waals surface area contributed by atoms with Gasteiger partial charge in [-0.2, -0.15) is 0 Å². The molecular weight excluding hydrogens is 342 g/mol. The maximum Gasteiger partial charge on any atom is 0.193 e.